The molecule has 1 aromatic rings. The van der Waals surface area contributed by atoms with Gasteiger partial charge in [0.2, 0.25) is 0 Å². The van der Waals surface area contributed by atoms with Crippen molar-refractivity contribution in [3.05, 3.63) is 34.4 Å². The minimum absolute atomic E-state index is 0.0755. The number of rotatable bonds is 1. The van der Waals surface area contributed by atoms with E-state index in [4.69, 9.17) is 0 Å². The van der Waals surface area contributed by atoms with Gasteiger partial charge >= 0.3 is 5.88 Å². The first-order chi connectivity index (χ1) is 7.22. The Bertz CT molecular complexity index is 483. The molecule has 0 unspecified atom stereocenters. The highest BCUT2D eigenvalue weighted by Crippen LogP contribution is 2.26. The number of anilines is 1. The Balaban J connectivity index is 2.42. The van der Waals surface area contributed by atoms with Crippen molar-refractivity contribution in [1.82, 2.24) is 0 Å². The molecule has 0 saturated carbocycles. The molecule has 0 saturated heterocycles. The summed E-state index contributed by atoms with van der Waals surface area (Å²) in [6.45, 7) is 0. The van der Waals surface area contributed by atoms with Gasteiger partial charge in [-0.1, -0.05) is 5.16 Å². The normalized spacial score (nSPS) is 14.0. The molecule has 6 heteroatoms. The van der Waals surface area contributed by atoms with Gasteiger partial charge in [-0.2, -0.15) is 0 Å². The number of halogens is 2. The molecule has 1 aromatic carbocycles. The van der Waals surface area contributed by atoms with Crippen LogP contribution in [0.3, 0.4) is 0 Å². The lowest BCUT2D eigenvalue weighted by Crippen LogP contribution is -2.16. The molecule has 0 aromatic heterocycles. The van der Waals surface area contributed by atoms with Gasteiger partial charge in [0.15, 0.2) is 5.94 Å². The first-order valence-electron chi connectivity index (χ1n) is 3.92. The van der Waals surface area contributed by atoms with Crippen LogP contribution in [0.5, 0.6) is 0 Å². The first-order valence-corrected chi connectivity index (χ1v) is 4.71. The summed E-state index contributed by atoms with van der Waals surface area (Å²) in [4.78, 5) is 16.4. The van der Waals surface area contributed by atoms with Crippen LogP contribution >= 0.6 is 15.9 Å². The fourth-order valence-electron chi connectivity index (χ4n) is 1.10. The third-order valence-electron chi connectivity index (χ3n) is 1.79. The van der Waals surface area contributed by atoms with Gasteiger partial charge in [-0.05, 0) is 34.1 Å². The maximum atomic E-state index is 13.0. The fourth-order valence-corrected chi connectivity index (χ4v) is 1.47. The zero-order valence-corrected chi connectivity index (χ0v) is 8.86. The van der Waals surface area contributed by atoms with Gasteiger partial charge in [0, 0.05) is 0 Å². The molecule has 0 spiro atoms. The zero-order chi connectivity index (χ0) is 10.8. The van der Waals surface area contributed by atoms with Crippen molar-refractivity contribution < 1.29 is 14.0 Å². The molecule has 15 heavy (non-hydrogen) atoms. The van der Waals surface area contributed by atoms with Crippen LogP contribution in [-0.4, -0.2) is 12.3 Å². The van der Waals surface area contributed by atoms with Crippen molar-refractivity contribution in [3.8, 4) is 0 Å². The minimum atomic E-state index is -0.382. The van der Waals surface area contributed by atoms with Gasteiger partial charge in [0.05, 0.1) is 10.2 Å². The van der Waals surface area contributed by atoms with Crippen LogP contribution in [0.15, 0.2) is 33.7 Å². The largest absolute Gasteiger partial charge is 0.324 e. The molecule has 0 N–H and O–H groups in total. The van der Waals surface area contributed by atoms with E-state index in [1.807, 2.05) is 0 Å². The standard InChI is InChI=1S/C9H4BrFN2O2/c10-7-3-6(1-2-8(7)11)13-5-12-15-9(13)4-14/h1-3,5H. The summed E-state index contributed by atoms with van der Waals surface area (Å²) in [5.74, 6) is 1.13. The Morgan fingerprint density at radius 2 is 2.33 bits per heavy atom. The van der Waals surface area contributed by atoms with Crippen LogP contribution in [0, 0.1) is 5.82 Å². The molecule has 0 amide bonds. The van der Waals surface area contributed by atoms with E-state index in [-0.39, 0.29) is 11.7 Å². The molecule has 4 nitrogen and oxygen atoms in total. The SMILES string of the molecule is O=C=C1ON=CN1c1ccc(F)c(Br)c1. The lowest BCUT2D eigenvalue weighted by molar-refractivity contribution is 0.248. The quantitative estimate of drug-likeness (QED) is 0.734. The summed E-state index contributed by atoms with van der Waals surface area (Å²) in [5.41, 5.74) is 0.558. The highest BCUT2D eigenvalue weighted by Gasteiger charge is 2.19. The van der Waals surface area contributed by atoms with Crippen molar-refractivity contribution in [2.24, 2.45) is 5.16 Å². The molecule has 1 aliphatic heterocycles. The Kier molecular flexibility index (Phi) is 2.53. The van der Waals surface area contributed by atoms with E-state index in [2.05, 4.69) is 25.9 Å². The number of oxime groups is 1. The Morgan fingerprint density at radius 3 is 3.00 bits per heavy atom. The van der Waals surface area contributed by atoms with Crippen molar-refractivity contribution in [3.63, 3.8) is 0 Å². The van der Waals surface area contributed by atoms with E-state index in [9.17, 15) is 9.18 Å². The van der Waals surface area contributed by atoms with Crippen LogP contribution in [0.25, 0.3) is 0 Å². The maximum Gasteiger partial charge on any atom is 0.320 e. The Hall–Kier alpha value is -1.65. The number of carbonyl (C=O) groups excluding carboxylic acids is 1. The van der Waals surface area contributed by atoms with Gasteiger partial charge in [0.25, 0.3) is 0 Å². The average Bonchev–Trinajstić information content (AvgIpc) is 2.70. The minimum Gasteiger partial charge on any atom is -0.324 e. The molecule has 0 fully saturated rings. The summed E-state index contributed by atoms with van der Waals surface area (Å²) in [5, 5.41) is 3.44. The second-order valence-electron chi connectivity index (χ2n) is 2.69. The van der Waals surface area contributed by atoms with E-state index < -0.39 is 0 Å². The third-order valence-corrected chi connectivity index (χ3v) is 2.40. The predicted octanol–water partition coefficient (Wildman–Crippen LogP) is 2.04. The maximum absolute atomic E-state index is 13.0. The Morgan fingerprint density at radius 1 is 1.53 bits per heavy atom. The zero-order valence-electron chi connectivity index (χ0n) is 7.28. The number of nitrogens with zero attached hydrogens (tertiary/aromatic N) is 2. The van der Waals surface area contributed by atoms with Gasteiger partial charge in [-0.25, -0.2) is 9.18 Å². The van der Waals surface area contributed by atoms with Crippen molar-refractivity contribution in [2.75, 3.05) is 4.90 Å². The van der Waals surface area contributed by atoms with Crippen molar-refractivity contribution in [1.29, 1.82) is 0 Å². The van der Waals surface area contributed by atoms with E-state index in [0.29, 0.717) is 10.2 Å². The molecule has 1 aliphatic rings. The second kappa shape index (κ2) is 3.84. The molecule has 2 rings (SSSR count). The molecule has 0 atom stereocenters. The summed E-state index contributed by atoms with van der Waals surface area (Å²) in [6.07, 6.45) is 1.31. The van der Waals surface area contributed by atoms with Gasteiger partial charge < -0.3 is 4.84 Å². The highest BCUT2D eigenvalue weighted by atomic mass is 79.9. The third kappa shape index (κ3) is 1.77. The van der Waals surface area contributed by atoms with Crippen molar-refractivity contribution >= 4 is 33.9 Å². The van der Waals surface area contributed by atoms with Crippen molar-refractivity contribution in [2.45, 2.75) is 0 Å². The molecule has 0 bridgehead atoms. The average molecular weight is 271 g/mol. The second-order valence-corrected chi connectivity index (χ2v) is 3.54. The fraction of sp³-hybridized carbons (Fsp3) is 0. The monoisotopic (exact) mass is 270 g/mol. The van der Waals surface area contributed by atoms with Crippen LogP contribution in [0.4, 0.5) is 10.1 Å². The highest BCUT2D eigenvalue weighted by molar-refractivity contribution is 9.10. The first kappa shape index (κ1) is 9.89. The summed E-state index contributed by atoms with van der Waals surface area (Å²) in [7, 11) is 0. The number of hydrogen-bond donors (Lipinski definition) is 0. The van der Waals surface area contributed by atoms with E-state index in [1.165, 1.54) is 29.4 Å². The molecule has 0 radical (unpaired) electrons. The lowest BCUT2D eigenvalue weighted by Gasteiger charge is -2.11. The van der Waals surface area contributed by atoms with Crippen LogP contribution in [0.1, 0.15) is 0 Å². The summed E-state index contributed by atoms with van der Waals surface area (Å²) in [6, 6.07) is 4.28. The van der Waals surface area contributed by atoms with Gasteiger partial charge in [-0.3, -0.25) is 4.90 Å². The smallest absolute Gasteiger partial charge is 0.320 e. The summed E-state index contributed by atoms with van der Waals surface area (Å²) >= 11 is 3.04. The van der Waals surface area contributed by atoms with Crippen LogP contribution in [-0.2, 0) is 9.63 Å². The molecular formula is C9H4BrFN2O2. The predicted molar refractivity (Wildman–Crippen MR) is 55.4 cm³/mol. The van der Waals surface area contributed by atoms with E-state index in [1.54, 1.807) is 5.94 Å². The van der Waals surface area contributed by atoms with Gasteiger partial charge in [0.1, 0.15) is 12.2 Å². The van der Waals surface area contributed by atoms with E-state index in [0.717, 1.165) is 0 Å². The van der Waals surface area contributed by atoms with Crippen LogP contribution in [0.2, 0.25) is 0 Å². The Labute approximate surface area is 92.7 Å². The number of hydrogen-bond acceptors (Lipinski definition) is 4. The lowest BCUT2D eigenvalue weighted by atomic mass is 10.3. The molecule has 1 heterocycles. The summed E-state index contributed by atoms with van der Waals surface area (Å²) < 4.78 is 13.2. The molecular weight excluding hydrogens is 267 g/mol. The molecule has 76 valence electrons. The van der Waals surface area contributed by atoms with Gasteiger partial charge in [-0.15, -0.1) is 0 Å². The van der Waals surface area contributed by atoms with Crippen LogP contribution < -0.4 is 4.90 Å². The number of benzene rings is 1. The van der Waals surface area contributed by atoms with E-state index >= 15 is 0 Å². The topological polar surface area (TPSA) is 41.9 Å². The molecule has 0 aliphatic carbocycles.